The van der Waals surface area contributed by atoms with Crippen LogP contribution in [0, 0.1) is 13.8 Å². The van der Waals surface area contributed by atoms with Crippen molar-refractivity contribution in [3.63, 3.8) is 0 Å². The second kappa shape index (κ2) is 8.97. The van der Waals surface area contributed by atoms with E-state index in [-0.39, 0.29) is 17.9 Å². The molecule has 0 bridgehead atoms. The zero-order valence-corrected chi connectivity index (χ0v) is 18.2. The fourth-order valence-corrected chi connectivity index (χ4v) is 4.18. The summed E-state index contributed by atoms with van der Waals surface area (Å²) < 4.78 is 12.7. The van der Waals surface area contributed by atoms with Crippen LogP contribution < -0.4 is 0 Å². The van der Waals surface area contributed by atoms with Gasteiger partial charge < -0.3 is 14.2 Å². The van der Waals surface area contributed by atoms with Crippen molar-refractivity contribution in [3.05, 3.63) is 47.8 Å². The maximum atomic E-state index is 12.9. The molecule has 1 aliphatic heterocycles. The Hall–Kier alpha value is -3.07. The highest BCUT2D eigenvalue weighted by Crippen LogP contribution is 2.38. The number of methoxy groups -OCH3 is 1. The Morgan fingerprint density at radius 2 is 2.10 bits per heavy atom. The average molecular weight is 425 g/mol. The Labute approximate surface area is 181 Å². The van der Waals surface area contributed by atoms with Gasteiger partial charge in [-0.25, -0.2) is 0 Å². The van der Waals surface area contributed by atoms with Crippen LogP contribution in [-0.4, -0.2) is 62.5 Å². The molecular formula is C22H28N6O3. The van der Waals surface area contributed by atoms with Gasteiger partial charge in [0.05, 0.1) is 11.3 Å². The Bertz CT molecular complexity index is 1020. The third kappa shape index (κ3) is 4.51. The molecule has 4 rings (SSSR count). The summed E-state index contributed by atoms with van der Waals surface area (Å²) in [6.45, 7) is 6.03. The van der Waals surface area contributed by atoms with Crippen LogP contribution >= 0.6 is 0 Å². The molecule has 0 N–H and O–H groups in total. The molecule has 1 amide bonds. The molecule has 1 saturated heterocycles. The second-order valence-electron chi connectivity index (χ2n) is 8.15. The molecule has 1 fully saturated rings. The number of ether oxygens (including phenoxy) is 1. The predicted octanol–water partition coefficient (Wildman–Crippen LogP) is 2.54. The number of aromatic nitrogens is 5. The van der Waals surface area contributed by atoms with Gasteiger partial charge in [0.15, 0.2) is 5.82 Å². The fraction of sp³-hybridized carbons (Fsp3) is 0.500. The number of aryl methyl sites for hydroxylation is 2. The summed E-state index contributed by atoms with van der Waals surface area (Å²) in [6, 6.07) is 5.72. The van der Waals surface area contributed by atoms with E-state index in [1.807, 2.05) is 36.9 Å². The molecule has 0 saturated carbocycles. The lowest BCUT2D eigenvalue weighted by Gasteiger charge is -2.39. The number of carbonyl (C=O) groups is 1. The van der Waals surface area contributed by atoms with E-state index in [9.17, 15) is 4.79 Å². The fourth-order valence-electron chi connectivity index (χ4n) is 4.18. The van der Waals surface area contributed by atoms with E-state index in [2.05, 4.69) is 15.2 Å². The lowest BCUT2D eigenvalue weighted by atomic mass is 9.75. The van der Waals surface area contributed by atoms with E-state index in [4.69, 9.17) is 14.2 Å². The van der Waals surface area contributed by atoms with Crippen LogP contribution in [0.15, 0.2) is 35.1 Å². The Balaban J connectivity index is 1.48. The van der Waals surface area contributed by atoms with E-state index >= 15 is 0 Å². The van der Waals surface area contributed by atoms with Crippen molar-refractivity contribution in [1.29, 1.82) is 0 Å². The molecule has 9 heteroatoms. The smallest absolute Gasteiger partial charge is 0.259 e. The molecular weight excluding hydrogens is 396 g/mol. The lowest BCUT2D eigenvalue weighted by molar-refractivity contribution is -0.133. The van der Waals surface area contributed by atoms with Gasteiger partial charge in [0.1, 0.15) is 6.54 Å². The molecule has 0 atom stereocenters. The third-order valence-electron chi connectivity index (χ3n) is 6.06. The van der Waals surface area contributed by atoms with Gasteiger partial charge in [0.25, 0.3) is 5.89 Å². The van der Waals surface area contributed by atoms with Crippen molar-refractivity contribution in [2.24, 2.45) is 0 Å². The second-order valence-corrected chi connectivity index (χ2v) is 8.15. The summed E-state index contributed by atoms with van der Waals surface area (Å²) >= 11 is 0. The molecule has 3 aromatic rings. The topological polar surface area (TPSA) is 99.2 Å². The summed E-state index contributed by atoms with van der Waals surface area (Å²) in [7, 11) is 1.69. The number of nitrogens with zero attached hydrogens (tertiary/aromatic N) is 6. The number of rotatable bonds is 7. The van der Waals surface area contributed by atoms with Crippen LogP contribution in [0.1, 0.15) is 36.5 Å². The molecule has 31 heavy (non-hydrogen) atoms. The Morgan fingerprint density at radius 1 is 1.29 bits per heavy atom. The number of amides is 1. The van der Waals surface area contributed by atoms with Gasteiger partial charge in [0, 0.05) is 50.3 Å². The lowest BCUT2D eigenvalue weighted by Crippen LogP contribution is -2.47. The zero-order valence-electron chi connectivity index (χ0n) is 18.2. The molecule has 9 nitrogen and oxygen atoms in total. The highest BCUT2D eigenvalue weighted by atomic mass is 16.5. The summed E-state index contributed by atoms with van der Waals surface area (Å²) in [4.78, 5) is 23.6. The molecule has 3 aromatic heterocycles. The van der Waals surface area contributed by atoms with Crippen molar-refractivity contribution in [2.75, 3.05) is 26.8 Å². The number of likely N-dealkylation sites (tertiary alicyclic amines) is 1. The molecule has 0 spiro atoms. The first kappa shape index (κ1) is 21.2. The minimum absolute atomic E-state index is 0.0794. The zero-order chi connectivity index (χ0) is 21.8. The van der Waals surface area contributed by atoms with Crippen molar-refractivity contribution >= 4 is 5.91 Å². The molecule has 0 unspecified atom stereocenters. The minimum Gasteiger partial charge on any atom is -0.385 e. The standard InChI is InChI=1S/C22H28N6O3/c1-16-13-17(2)28(25-16)15-19(29)27-10-6-22(7-11-27,8-12-30-3)21-24-20(31-26-21)18-5-4-9-23-14-18/h4-5,9,13-14H,6-8,10-12,15H2,1-3H3. The summed E-state index contributed by atoms with van der Waals surface area (Å²) in [6.07, 6.45) is 5.70. The molecule has 164 valence electrons. The van der Waals surface area contributed by atoms with Gasteiger partial charge in [-0.3, -0.25) is 14.5 Å². The quantitative estimate of drug-likeness (QED) is 0.575. The molecule has 1 aliphatic rings. The van der Waals surface area contributed by atoms with Crippen LogP contribution in [-0.2, 0) is 21.5 Å². The van der Waals surface area contributed by atoms with E-state index in [1.54, 1.807) is 24.2 Å². The Morgan fingerprint density at radius 3 is 2.74 bits per heavy atom. The van der Waals surface area contributed by atoms with Gasteiger partial charge >= 0.3 is 0 Å². The van der Waals surface area contributed by atoms with Crippen LogP contribution in [0.3, 0.4) is 0 Å². The van der Waals surface area contributed by atoms with E-state index in [1.165, 1.54) is 0 Å². The average Bonchev–Trinajstić information content (AvgIpc) is 3.40. The first-order chi connectivity index (χ1) is 15.0. The van der Waals surface area contributed by atoms with Gasteiger partial charge in [0.2, 0.25) is 5.91 Å². The van der Waals surface area contributed by atoms with Gasteiger partial charge in [-0.1, -0.05) is 5.16 Å². The van der Waals surface area contributed by atoms with Crippen molar-refractivity contribution in [3.8, 4) is 11.5 Å². The molecule has 4 heterocycles. The molecule has 0 radical (unpaired) electrons. The number of pyridine rings is 1. The normalized spacial score (nSPS) is 15.9. The summed E-state index contributed by atoms with van der Waals surface area (Å²) in [5, 5.41) is 8.71. The first-order valence-corrected chi connectivity index (χ1v) is 10.5. The van der Waals surface area contributed by atoms with E-state index < -0.39 is 0 Å². The molecule has 0 aromatic carbocycles. The van der Waals surface area contributed by atoms with Crippen LogP contribution in [0.25, 0.3) is 11.5 Å². The highest BCUT2D eigenvalue weighted by molar-refractivity contribution is 5.76. The van der Waals surface area contributed by atoms with Gasteiger partial charge in [-0.05, 0) is 51.3 Å². The van der Waals surface area contributed by atoms with Gasteiger partial charge in [-0.2, -0.15) is 10.1 Å². The van der Waals surface area contributed by atoms with Gasteiger partial charge in [-0.15, -0.1) is 0 Å². The number of carbonyl (C=O) groups excluding carboxylic acids is 1. The maximum absolute atomic E-state index is 12.9. The highest BCUT2D eigenvalue weighted by Gasteiger charge is 2.41. The number of piperidine rings is 1. The number of hydrogen-bond acceptors (Lipinski definition) is 7. The summed E-state index contributed by atoms with van der Waals surface area (Å²) in [5.74, 6) is 1.22. The third-order valence-corrected chi connectivity index (χ3v) is 6.06. The predicted molar refractivity (Wildman–Crippen MR) is 113 cm³/mol. The SMILES string of the molecule is COCCC1(c2noc(-c3cccnc3)n2)CCN(C(=O)Cn2nc(C)cc2C)CC1. The maximum Gasteiger partial charge on any atom is 0.259 e. The molecule has 0 aliphatic carbocycles. The Kier molecular flexibility index (Phi) is 6.13. The van der Waals surface area contributed by atoms with Crippen LogP contribution in [0.2, 0.25) is 0 Å². The monoisotopic (exact) mass is 424 g/mol. The van der Waals surface area contributed by atoms with E-state index in [0.29, 0.717) is 31.4 Å². The van der Waals surface area contributed by atoms with Crippen LogP contribution in [0.5, 0.6) is 0 Å². The minimum atomic E-state index is -0.283. The summed E-state index contributed by atoms with van der Waals surface area (Å²) in [5.41, 5.74) is 2.42. The van der Waals surface area contributed by atoms with Crippen LogP contribution in [0.4, 0.5) is 0 Å². The number of hydrogen-bond donors (Lipinski definition) is 0. The van der Waals surface area contributed by atoms with E-state index in [0.717, 1.165) is 36.2 Å². The van der Waals surface area contributed by atoms with Crippen molar-refractivity contribution < 1.29 is 14.1 Å². The largest absolute Gasteiger partial charge is 0.385 e. The first-order valence-electron chi connectivity index (χ1n) is 10.5. The van der Waals surface area contributed by atoms with Crippen molar-refractivity contribution in [1.82, 2.24) is 29.8 Å². The van der Waals surface area contributed by atoms with Crippen molar-refractivity contribution in [2.45, 2.75) is 45.1 Å².